The Hall–Kier alpha value is -3.71. The third-order valence-electron chi connectivity index (χ3n) is 6.54. The molecule has 1 N–H and O–H groups in total. The molecule has 0 unspecified atom stereocenters. The van der Waals surface area contributed by atoms with Gasteiger partial charge >= 0.3 is 0 Å². The Balaban J connectivity index is 1.48. The van der Waals surface area contributed by atoms with Crippen LogP contribution in [0, 0.1) is 5.82 Å². The summed E-state index contributed by atoms with van der Waals surface area (Å²) < 4.78 is 18.3. The highest BCUT2D eigenvalue weighted by Crippen LogP contribution is 2.40. The maximum Gasteiger partial charge on any atom is 0.223 e. The van der Waals surface area contributed by atoms with Crippen molar-refractivity contribution in [3.8, 4) is 22.6 Å². The topological polar surface area (TPSA) is 60.6 Å². The van der Waals surface area contributed by atoms with E-state index < -0.39 is 0 Å². The molecule has 3 aromatic heterocycles. The number of aromatic nitrogens is 5. The van der Waals surface area contributed by atoms with Gasteiger partial charge in [0.25, 0.3) is 0 Å². The summed E-state index contributed by atoms with van der Waals surface area (Å²) in [5, 5.41) is 5.09. The van der Waals surface area contributed by atoms with Gasteiger partial charge in [-0.25, -0.2) is 19.3 Å². The highest BCUT2D eigenvalue weighted by atomic mass is 35.5. The molecule has 0 saturated heterocycles. The van der Waals surface area contributed by atoms with Gasteiger partial charge in [-0.2, -0.15) is 0 Å². The summed E-state index contributed by atoms with van der Waals surface area (Å²) in [6.45, 7) is 3.53. The van der Waals surface area contributed by atoms with E-state index in [1.54, 1.807) is 18.3 Å². The molecule has 6 rings (SSSR count). The van der Waals surface area contributed by atoms with Gasteiger partial charge in [0.15, 0.2) is 0 Å². The molecule has 35 heavy (non-hydrogen) atoms. The van der Waals surface area contributed by atoms with Crippen LogP contribution in [0.3, 0.4) is 0 Å². The van der Waals surface area contributed by atoms with E-state index in [0.717, 1.165) is 70.3 Å². The van der Waals surface area contributed by atoms with E-state index in [9.17, 15) is 4.39 Å². The van der Waals surface area contributed by atoms with Crippen LogP contribution < -0.4 is 5.32 Å². The van der Waals surface area contributed by atoms with Crippen LogP contribution in [0.2, 0.25) is 5.02 Å². The minimum Gasteiger partial charge on any atom is -0.354 e. The molecule has 0 spiro atoms. The zero-order valence-electron chi connectivity index (χ0n) is 19.2. The van der Waals surface area contributed by atoms with Crippen LogP contribution in [0.1, 0.15) is 25.2 Å². The van der Waals surface area contributed by atoms with Crippen molar-refractivity contribution in [3.05, 3.63) is 83.7 Å². The van der Waals surface area contributed by atoms with Crippen molar-refractivity contribution in [3.63, 3.8) is 0 Å². The normalized spacial score (nSPS) is 15.0. The minimum absolute atomic E-state index is 0.189. The Bertz CT molecular complexity index is 1520. The predicted octanol–water partition coefficient (Wildman–Crippen LogP) is 6.37. The molecule has 6 nitrogen and oxygen atoms in total. The predicted molar refractivity (Wildman–Crippen MR) is 137 cm³/mol. The van der Waals surface area contributed by atoms with Gasteiger partial charge in [-0.3, -0.25) is 0 Å². The lowest BCUT2D eigenvalue weighted by atomic mass is 10.1. The largest absolute Gasteiger partial charge is 0.354 e. The smallest absolute Gasteiger partial charge is 0.223 e. The molecule has 0 saturated carbocycles. The number of anilines is 1. The SMILES string of the molecule is CCNc1nccc(-c2c(-c3ccc(F)cc3)nc3n2[C@H](Cn2ccc4ccc(Cl)cc42)CC3)n1. The quantitative estimate of drug-likeness (QED) is 0.303. The van der Waals surface area contributed by atoms with Crippen LogP contribution >= 0.6 is 11.6 Å². The fourth-order valence-electron chi connectivity index (χ4n) is 4.98. The Morgan fingerprint density at radius 2 is 1.94 bits per heavy atom. The summed E-state index contributed by atoms with van der Waals surface area (Å²) in [4.78, 5) is 14.2. The third kappa shape index (κ3) is 3.96. The molecule has 0 bridgehead atoms. The number of rotatable bonds is 6. The Morgan fingerprint density at radius 3 is 2.77 bits per heavy atom. The molecule has 2 aromatic carbocycles. The molecule has 5 aromatic rings. The highest BCUT2D eigenvalue weighted by Gasteiger charge is 2.31. The van der Waals surface area contributed by atoms with Gasteiger partial charge in [-0.1, -0.05) is 17.7 Å². The highest BCUT2D eigenvalue weighted by molar-refractivity contribution is 6.31. The fourth-order valence-corrected chi connectivity index (χ4v) is 5.14. The van der Waals surface area contributed by atoms with Crippen molar-refractivity contribution in [2.24, 2.45) is 0 Å². The van der Waals surface area contributed by atoms with Gasteiger partial charge in [0, 0.05) is 48.0 Å². The Labute approximate surface area is 207 Å². The summed E-state index contributed by atoms with van der Waals surface area (Å²) in [6, 6.07) is 16.7. The second-order valence-corrected chi connectivity index (χ2v) is 9.20. The standard InChI is InChI=1S/C27H24ClFN6/c1-2-30-27-31-13-11-22(32-27)26-25(18-4-7-20(29)8-5-18)33-24-10-9-21(35(24)26)16-34-14-12-17-3-6-19(28)15-23(17)34/h3-8,11-15,21H,2,9-10,16H2,1H3,(H,30,31,32)/t21-/m0/s1. The summed E-state index contributed by atoms with van der Waals surface area (Å²) in [7, 11) is 0. The lowest BCUT2D eigenvalue weighted by molar-refractivity contribution is 0.459. The molecule has 8 heteroatoms. The van der Waals surface area contributed by atoms with Crippen molar-refractivity contribution in [2.75, 3.05) is 11.9 Å². The second-order valence-electron chi connectivity index (χ2n) is 8.76. The van der Waals surface area contributed by atoms with Crippen LogP contribution in [-0.4, -0.2) is 30.6 Å². The van der Waals surface area contributed by atoms with E-state index in [4.69, 9.17) is 21.6 Å². The number of fused-ring (bicyclic) bond motifs is 2. The fraction of sp³-hybridized carbons (Fsp3) is 0.222. The van der Waals surface area contributed by atoms with Crippen LogP contribution in [0.15, 0.2) is 67.0 Å². The van der Waals surface area contributed by atoms with Crippen molar-refractivity contribution in [1.82, 2.24) is 24.1 Å². The van der Waals surface area contributed by atoms with Gasteiger partial charge in [0.1, 0.15) is 11.6 Å². The molecule has 4 heterocycles. The molecule has 1 aliphatic rings. The first-order valence-electron chi connectivity index (χ1n) is 11.8. The molecule has 0 aliphatic carbocycles. The second kappa shape index (κ2) is 8.82. The summed E-state index contributed by atoms with van der Waals surface area (Å²) in [5.74, 6) is 1.32. The zero-order chi connectivity index (χ0) is 23.9. The first-order chi connectivity index (χ1) is 17.1. The number of benzene rings is 2. The van der Waals surface area contributed by atoms with Crippen LogP contribution in [0.4, 0.5) is 10.3 Å². The third-order valence-corrected chi connectivity index (χ3v) is 6.78. The first-order valence-corrected chi connectivity index (χ1v) is 12.2. The number of hydrogen-bond acceptors (Lipinski definition) is 4. The van der Waals surface area contributed by atoms with Gasteiger partial charge in [0.2, 0.25) is 5.95 Å². The van der Waals surface area contributed by atoms with Crippen molar-refractivity contribution in [2.45, 2.75) is 32.4 Å². The van der Waals surface area contributed by atoms with Crippen molar-refractivity contribution >= 4 is 28.5 Å². The van der Waals surface area contributed by atoms with Gasteiger partial charge in [-0.05, 0) is 67.3 Å². The molecular weight excluding hydrogens is 463 g/mol. The number of nitrogens with zero attached hydrogens (tertiary/aromatic N) is 5. The van der Waals surface area contributed by atoms with E-state index in [1.807, 2.05) is 31.2 Å². The Morgan fingerprint density at radius 1 is 1.09 bits per heavy atom. The average molecular weight is 487 g/mol. The minimum atomic E-state index is -0.269. The molecule has 1 atom stereocenters. The summed E-state index contributed by atoms with van der Waals surface area (Å²) in [5.41, 5.74) is 4.52. The number of aryl methyl sites for hydroxylation is 1. The van der Waals surface area contributed by atoms with Crippen LogP contribution in [0.5, 0.6) is 0 Å². The summed E-state index contributed by atoms with van der Waals surface area (Å²) in [6.07, 6.45) is 5.72. The van der Waals surface area contributed by atoms with Gasteiger partial charge in [-0.15, -0.1) is 0 Å². The maximum atomic E-state index is 13.7. The molecule has 1 aliphatic heterocycles. The first kappa shape index (κ1) is 21.8. The van der Waals surface area contributed by atoms with E-state index >= 15 is 0 Å². The van der Waals surface area contributed by atoms with Gasteiger partial charge in [0.05, 0.1) is 23.1 Å². The zero-order valence-corrected chi connectivity index (χ0v) is 20.0. The lowest BCUT2D eigenvalue weighted by Crippen LogP contribution is -2.14. The number of nitrogens with one attached hydrogen (secondary N) is 1. The molecule has 176 valence electrons. The Kier molecular flexibility index (Phi) is 5.49. The van der Waals surface area contributed by atoms with E-state index in [-0.39, 0.29) is 11.9 Å². The van der Waals surface area contributed by atoms with E-state index in [2.05, 4.69) is 31.7 Å². The number of imidazole rings is 1. The molecule has 0 fully saturated rings. The lowest BCUT2D eigenvalue weighted by Gasteiger charge is -2.19. The van der Waals surface area contributed by atoms with Crippen molar-refractivity contribution in [1.29, 1.82) is 0 Å². The molecule has 0 amide bonds. The monoisotopic (exact) mass is 486 g/mol. The van der Waals surface area contributed by atoms with Crippen LogP contribution in [-0.2, 0) is 13.0 Å². The summed E-state index contributed by atoms with van der Waals surface area (Å²) >= 11 is 6.30. The maximum absolute atomic E-state index is 13.7. The molecule has 0 radical (unpaired) electrons. The van der Waals surface area contributed by atoms with Crippen molar-refractivity contribution < 1.29 is 4.39 Å². The average Bonchev–Trinajstić information content (AvgIpc) is 3.55. The van der Waals surface area contributed by atoms with Crippen LogP contribution in [0.25, 0.3) is 33.5 Å². The van der Waals surface area contributed by atoms with Gasteiger partial charge < -0.3 is 14.5 Å². The van der Waals surface area contributed by atoms with E-state index in [1.165, 1.54) is 12.1 Å². The number of hydrogen-bond donors (Lipinski definition) is 1. The number of halogens is 2. The molecular formula is C27H24ClFN6. The van der Waals surface area contributed by atoms with E-state index in [0.29, 0.717) is 5.95 Å².